The molecule has 1 aromatic carbocycles. The highest BCUT2D eigenvalue weighted by Crippen LogP contribution is 2.57. The fourth-order valence-corrected chi connectivity index (χ4v) is 6.93. The van der Waals surface area contributed by atoms with Crippen LogP contribution in [-0.4, -0.2) is 80.6 Å². The number of ketones is 2. The van der Waals surface area contributed by atoms with Gasteiger partial charge in [0.15, 0.2) is 11.4 Å². The van der Waals surface area contributed by atoms with Crippen LogP contribution in [0.4, 0.5) is 0 Å². The first kappa shape index (κ1) is 27.1. The van der Waals surface area contributed by atoms with Crippen LogP contribution in [0.1, 0.15) is 37.3 Å². The predicted molar refractivity (Wildman–Crippen MR) is 137 cm³/mol. The predicted octanol–water partition coefficient (Wildman–Crippen LogP) is 1.06. The van der Waals surface area contributed by atoms with Crippen LogP contribution in [0.2, 0.25) is 0 Å². The number of phenolic OH excluding ortho intramolecular Hbond substituents is 1. The van der Waals surface area contributed by atoms with E-state index in [0.717, 1.165) is 0 Å². The van der Waals surface area contributed by atoms with E-state index in [2.05, 4.69) is 0 Å². The third-order valence-corrected chi connectivity index (χ3v) is 8.52. The fraction of sp³-hybridized carbons (Fsp3) is 0.440. The Morgan fingerprint density at radius 1 is 1.19 bits per heavy atom. The molecule has 1 fully saturated rings. The van der Waals surface area contributed by atoms with Crippen molar-refractivity contribution in [3.63, 3.8) is 0 Å². The minimum absolute atomic E-state index is 0.0312. The molecule has 0 saturated heterocycles. The van der Waals surface area contributed by atoms with Crippen LogP contribution in [0.5, 0.6) is 5.75 Å². The summed E-state index contributed by atoms with van der Waals surface area (Å²) in [5, 5.41) is 44.9. The van der Waals surface area contributed by atoms with Crippen LogP contribution in [0.15, 0.2) is 29.0 Å². The van der Waals surface area contributed by atoms with Gasteiger partial charge in [-0.3, -0.25) is 24.1 Å². The smallest absolute Gasteiger partial charge is 0.305 e. The van der Waals surface area contributed by atoms with Gasteiger partial charge in [0.25, 0.3) is 5.91 Å². The van der Waals surface area contributed by atoms with Gasteiger partial charge < -0.3 is 30.9 Å². The van der Waals surface area contributed by atoms with Gasteiger partial charge in [-0.2, -0.15) is 0 Å². The standard InChI is InChI=1S/C25H27IN2O9/c1-5-11(30)37-21-13-8(2)12-9(26)6-7-10(29)14(12)19(31)15(13)22(33)25(36)17(21)18(28(3)4)20(32)16(23(25)34)24(27)35/h6-8,13,17-18,21,29,31,34,36H,5H2,1-4H3,(H2,27,35). The van der Waals surface area contributed by atoms with E-state index in [9.17, 15) is 39.6 Å². The lowest BCUT2D eigenvalue weighted by atomic mass is 9.54. The highest BCUT2D eigenvalue weighted by atomic mass is 127. The number of carbonyl (C=O) groups excluding carboxylic acids is 4. The Kier molecular flexibility index (Phi) is 6.66. The Morgan fingerprint density at radius 2 is 1.81 bits per heavy atom. The highest BCUT2D eigenvalue weighted by molar-refractivity contribution is 14.1. The molecule has 6 atom stereocenters. The summed E-state index contributed by atoms with van der Waals surface area (Å²) in [5.74, 6) is -9.70. The maximum absolute atomic E-state index is 14.1. The summed E-state index contributed by atoms with van der Waals surface area (Å²) in [6, 6.07) is 1.56. The first-order chi connectivity index (χ1) is 17.2. The van der Waals surface area contributed by atoms with E-state index in [1.807, 2.05) is 22.6 Å². The first-order valence-electron chi connectivity index (χ1n) is 11.6. The van der Waals surface area contributed by atoms with Gasteiger partial charge >= 0.3 is 5.97 Å². The van der Waals surface area contributed by atoms with E-state index >= 15 is 0 Å². The van der Waals surface area contributed by atoms with Crippen molar-refractivity contribution in [2.45, 2.75) is 43.9 Å². The van der Waals surface area contributed by atoms with Crippen LogP contribution >= 0.6 is 22.6 Å². The molecule has 3 aliphatic rings. The molecule has 0 spiro atoms. The Morgan fingerprint density at radius 3 is 2.35 bits per heavy atom. The molecule has 11 nitrogen and oxygen atoms in total. The van der Waals surface area contributed by atoms with Crippen molar-refractivity contribution in [1.82, 2.24) is 4.90 Å². The van der Waals surface area contributed by atoms with E-state index in [4.69, 9.17) is 10.5 Å². The van der Waals surface area contributed by atoms with Crippen molar-refractivity contribution < 1.29 is 44.3 Å². The molecule has 1 amide bonds. The van der Waals surface area contributed by atoms with E-state index < -0.39 is 81.6 Å². The molecule has 0 heterocycles. The number of carbonyl (C=O) groups is 4. The number of likely N-dealkylation sites (N-methyl/N-ethyl adjacent to an activating group) is 1. The van der Waals surface area contributed by atoms with Gasteiger partial charge in [-0.15, -0.1) is 0 Å². The lowest BCUT2D eigenvalue weighted by Gasteiger charge is -2.54. The summed E-state index contributed by atoms with van der Waals surface area (Å²) in [6.07, 6.45) is -1.48. The van der Waals surface area contributed by atoms with Crippen molar-refractivity contribution in [3.8, 4) is 5.75 Å². The molecule has 6 unspecified atom stereocenters. The number of halogens is 1. The lowest BCUT2D eigenvalue weighted by Crippen LogP contribution is -2.71. The minimum atomic E-state index is -2.94. The number of hydrogen-bond donors (Lipinski definition) is 5. The number of primary amides is 1. The zero-order valence-corrected chi connectivity index (χ0v) is 22.6. The molecular formula is C25H27IN2O9. The van der Waals surface area contributed by atoms with Crippen molar-refractivity contribution in [2.24, 2.45) is 17.6 Å². The largest absolute Gasteiger partial charge is 0.508 e. The van der Waals surface area contributed by atoms with Crippen molar-refractivity contribution in [1.29, 1.82) is 0 Å². The van der Waals surface area contributed by atoms with Gasteiger partial charge in [-0.1, -0.05) is 13.8 Å². The van der Waals surface area contributed by atoms with Crippen molar-refractivity contribution in [2.75, 3.05) is 14.1 Å². The molecule has 1 saturated carbocycles. The van der Waals surface area contributed by atoms with Gasteiger partial charge in [0.2, 0.25) is 5.78 Å². The summed E-state index contributed by atoms with van der Waals surface area (Å²) < 4.78 is 6.43. The number of ether oxygens (including phenoxy) is 1. The highest BCUT2D eigenvalue weighted by Gasteiger charge is 2.69. The number of Topliss-reactive ketones (excluding diaryl/α,β-unsaturated/α-hetero) is 2. The number of nitrogens with zero attached hydrogens (tertiary/aromatic N) is 1. The SMILES string of the molecule is CCC(=O)OC1C2C(=C(O)c3c(O)ccc(I)c3C2C)C(=O)C2(O)C(O)=C(C(N)=O)C(=O)C(N(C)C)C12. The number of esters is 1. The Hall–Kier alpha value is -2.97. The molecule has 198 valence electrons. The summed E-state index contributed by atoms with van der Waals surface area (Å²) in [5.41, 5.74) is 1.52. The maximum Gasteiger partial charge on any atom is 0.305 e. The topological polar surface area (TPSA) is 188 Å². The third kappa shape index (κ3) is 3.60. The van der Waals surface area contributed by atoms with Gasteiger partial charge in [-0.25, -0.2) is 0 Å². The average molecular weight is 626 g/mol. The van der Waals surface area contributed by atoms with Crippen LogP contribution < -0.4 is 5.73 Å². The number of aliphatic hydroxyl groups is 3. The monoisotopic (exact) mass is 626 g/mol. The maximum atomic E-state index is 14.1. The number of aromatic hydroxyl groups is 1. The summed E-state index contributed by atoms with van der Waals surface area (Å²) >= 11 is 2.02. The molecule has 6 N–H and O–H groups in total. The number of hydrogen-bond acceptors (Lipinski definition) is 10. The number of amides is 1. The molecule has 0 radical (unpaired) electrons. The number of benzene rings is 1. The van der Waals surface area contributed by atoms with Gasteiger partial charge in [0.1, 0.15) is 28.9 Å². The Balaban J connectivity index is 2.14. The second kappa shape index (κ2) is 9.10. The molecule has 3 aliphatic carbocycles. The molecule has 12 heteroatoms. The zero-order valence-electron chi connectivity index (χ0n) is 20.5. The van der Waals surface area contributed by atoms with Crippen LogP contribution in [0.25, 0.3) is 5.76 Å². The quantitative estimate of drug-likeness (QED) is 0.184. The van der Waals surface area contributed by atoms with E-state index in [1.165, 1.54) is 32.0 Å². The van der Waals surface area contributed by atoms with Crippen molar-refractivity contribution in [3.05, 3.63) is 43.7 Å². The van der Waals surface area contributed by atoms with Gasteiger partial charge in [-0.05, 0) is 60.3 Å². The molecule has 4 rings (SSSR count). The Bertz CT molecular complexity index is 1320. The van der Waals surface area contributed by atoms with Crippen LogP contribution in [-0.2, 0) is 23.9 Å². The molecule has 0 aromatic heterocycles. The average Bonchev–Trinajstić information content (AvgIpc) is 2.81. The zero-order chi connectivity index (χ0) is 27.7. The number of rotatable bonds is 4. The molecule has 37 heavy (non-hydrogen) atoms. The van der Waals surface area contributed by atoms with E-state index in [0.29, 0.717) is 9.13 Å². The van der Waals surface area contributed by atoms with Crippen LogP contribution in [0.3, 0.4) is 0 Å². The summed E-state index contributed by atoms with van der Waals surface area (Å²) in [7, 11) is 2.94. The second-order valence-electron chi connectivity index (χ2n) is 9.72. The first-order valence-corrected chi connectivity index (χ1v) is 12.6. The van der Waals surface area contributed by atoms with Gasteiger partial charge in [0, 0.05) is 21.5 Å². The molecule has 0 bridgehead atoms. The fourth-order valence-electron chi connectivity index (χ4n) is 5.99. The molecular weight excluding hydrogens is 599 g/mol. The summed E-state index contributed by atoms with van der Waals surface area (Å²) in [6.45, 7) is 3.25. The van der Waals surface area contributed by atoms with E-state index in [1.54, 1.807) is 13.0 Å². The molecule has 1 aromatic rings. The normalized spacial score (nSPS) is 31.2. The minimum Gasteiger partial charge on any atom is -0.508 e. The number of nitrogens with two attached hydrogens (primary N) is 1. The number of fused-ring (bicyclic) bond motifs is 3. The third-order valence-electron chi connectivity index (χ3n) is 7.58. The van der Waals surface area contributed by atoms with Crippen LogP contribution in [0, 0.1) is 15.4 Å². The summed E-state index contributed by atoms with van der Waals surface area (Å²) in [4.78, 5) is 53.6. The molecule has 0 aliphatic heterocycles. The van der Waals surface area contributed by atoms with Crippen molar-refractivity contribution >= 4 is 51.8 Å². The lowest BCUT2D eigenvalue weighted by molar-refractivity contribution is -0.185. The second-order valence-corrected chi connectivity index (χ2v) is 10.9. The number of aliphatic hydroxyl groups excluding tert-OH is 2. The number of phenols is 1. The van der Waals surface area contributed by atoms with Gasteiger partial charge in [0.05, 0.1) is 17.5 Å². The van der Waals surface area contributed by atoms with E-state index in [-0.39, 0.29) is 17.7 Å². The Labute approximate surface area is 225 Å².